The van der Waals surface area contributed by atoms with Gasteiger partial charge in [-0.25, -0.2) is 4.98 Å². The quantitative estimate of drug-likeness (QED) is 0.143. The van der Waals surface area contributed by atoms with Crippen LogP contribution in [0, 0.1) is 51.7 Å². The first-order valence-electron chi connectivity index (χ1n) is 19.5. The Balaban J connectivity index is 0.000000304. The van der Waals surface area contributed by atoms with Gasteiger partial charge < -0.3 is 14.4 Å². The smallest absolute Gasteiger partial charge is 0.216 e. The van der Waals surface area contributed by atoms with Gasteiger partial charge in [0.15, 0.2) is 0 Å². The number of rotatable bonds is 8. The van der Waals surface area contributed by atoms with Crippen LogP contribution in [0.1, 0.15) is 112 Å². The summed E-state index contributed by atoms with van der Waals surface area (Å²) < 4.78 is 6.51. The van der Waals surface area contributed by atoms with Crippen molar-refractivity contribution in [2.75, 3.05) is 0 Å². The third-order valence-corrected chi connectivity index (χ3v) is 10.7. The third-order valence-electron chi connectivity index (χ3n) is 10.7. The van der Waals surface area contributed by atoms with E-state index in [-0.39, 0.29) is 20.1 Å². The Morgan fingerprint density at radius 2 is 1.25 bits per heavy atom. The van der Waals surface area contributed by atoms with E-state index < -0.39 is 0 Å². The topological polar surface area (TPSA) is 51.8 Å². The Kier molecular flexibility index (Phi) is 13.3. The van der Waals surface area contributed by atoms with Crippen molar-refractivity contribution in [3.8, 4) is 33.8 Å². The van der Waals surface area contributed by atoms with E-state index in [1.54, 1.807) is 0 Å². The van der Waals surface area contributed by atoms with Crippen LogP contribution in [0.2, 0.25) is 0 Å². The first kappa shape index (κ1) is 41.7. The second kappa shape index (κ2) is 17.6. The van der Waals surface area contributed by atoms with Crippen LogP contribution in [0.25, 0.3) is 55.8 Å². The monoisotopic (exact) mass is 906 g/mol. The molecule has 7 aromatic rings. The van der Waals surface area contributed by atoms with Crippen molar-refractivity contribution in [3.05, 3.63) is 136 Å². The van der Waals surface area contributed by atoms with E-state index in [0.717, 1.165) is 44.6 Å². The van der Waals surface area contributed by atoms with Crippen LogP contribution in [0.5, 0.6) is 0 Å². The average Bonchev–Trinajstić information content (AvgIpc) is 3.51. The molecule has 0 fully saturated rings. The largest absolute Gasteiger partial charge is 0.486 e. The van der Waals surface area contributed by atoms with E-state index in [0.29, 0.717) is 35.3 Å². The first-order valence-corrected chi connectivity index (χ1v) is 19.5. The molecule has 0 atom stereocenters. The zero-order valence-electron chi connectivity index (χ0n) is 34.6. The number of hydrogen-bond donors (Lipinski definition) is 0. The average molecular weight is 906 g/mol. The zero-order valence-corrected chi connectivity index (χ0v) is 36.9. The molecule has 0 aliphatic rings. The Labute approximate surface area is 342 Å². The van der Waals surface area contributed by atoms with E-state index in [1.165, 1.54) is 44.5 Å². The predicted octanol–water partition coefficient (Wildman–Crippen LogP) is 13.9. The molecule has 3 aromatic carbocycles. The van der Waals surface area contributed by atoms with Crippen molar-refractivity contribution in [1.82, 2.24) is 15.0 Å². The summed E-state index contributed by atoms with van der Waals surface area (Å²) in [7, 11) is 0. The van der Waals surface area contributed by atoms with Gasteiger partial charge in [-0.3, -0.25) is 0 Å². The number of pyridine rings is 3. The van der Waals surface area contributed by atoms with E-state index >= 15 is 0 Å². The van der Waals surface area contributed by atoms with Gasteiger partial charge in [-0.05, 0) is 96.1 Å². The summed E-state index contributed by atoms with van der Waals surface area (Å²) in [4.78, 5) is 14.4. The molecular formula is C50H55IrN3O-2. The molecule has 0 aliphatic heterocycles. The Morgan fingerprint density at radius 3 is 1.84 bits per heavy atom. The number of fused-ring (bicyclic) bond motifs is 3. The Hall–Kier alpha value is -4.44. The molecule has 0 unspecified atom stereocenters. The van der Waals surface area contributed by atoms with Crippen molar-refractivity contribution < 1.29 is 24.5 Å². The maximum Gasteiger partial charge on any atom is 0.216 e. The minimum Gasteiger partial charge on any atom is -0.486 e. The molecule has 287 valence electrons. The first-order chi connectivity index (χ1) is 25.7. The SMILES string of the molecule is Cc1c[c-]c(-c2cc(C)c(C)cn2)cc1.Cc1cc(-c2[c-]ccc3c2oc2nc(-c4c(C(C)C)cccc4C(C)C)ccc23)ncc1C(C(C)C)C(C)C.[Ir]. The number of benzene rings is 3. The van der Waals surface area contributed by atoms with Crippen molar-refractivity contribution in [3.63, 3.8) is 0 Å². The fourth-order valence-corrected chi connectivity index (χ4v) is 7.77. The molecule has 0 aliphatic carbocycles. The van der Waals surface area contributed by atoms with Crippen molar-refractivity contribution in [1.29, 1.82) is 0 Å². The van der Waals surface area contributed by atoms with Crippen LogP contribution < -0.4 is 0 Å². The van der Waals surface area contributed by atoms with Crippen LogP contribution in [0.4, 0.5) is 0 Å². The van der Waals surface area contributed by atoms with E-state index in [1.807, 2.05) is 18.3 Å². The molecule has 0 bridgehead atoms. The zero-order chi connectivity index (χ0) is 38.8. The number of aromatic nitrogens is 3. The van der Waals surface area contributed by atoms with Crippen molar-refractivity contribution in [2.45, 2.75) is 101 Å². The second-order valence-corrected chi connectivity index (χ2v) is 16.2. The van der Waals surface area contributed by atoms with Gasteiger partial charge in [0.05, 0.1) is 11.3 Å². The maximum atomic E-state index is 6.51. The van der Waals surface area contributed by atoms with E-state index in [4.69, 9.17) is 14.4 Å². The van der Waals surface area contributed by atoms with E-state index in [9.17, 15) is 0 Å². The van der Waals surface area contributed by atoms with Gasteiger partial charge in [0.2, 0.25) is 5.71 Å². The minimum absolute atomic E-state index is 0. The maximum absolute atomic E-state index is 6.51. The van der Waals surface area contributed by atoms with Crippen LogP contribution in [-0.2, 0) is 20.1 Å². The van der Waals surface area contributed by atoms with Crippen LogP contribution in [-0.4, -0.2) is 15.0 Å². The Bertz CT molecular complexity index is 2370. The van der Waals surface area contributed by atoms with Gasteiger partial charge in [-0.15, -0.1) is 53.6 Å². The summed E-state index contributed by atoms with van der Waals surface area (Å²) in [6, 6.07) is 32.1. The third kappa shape index (κ3) is 8.85. The molecular weight excluding hydrogens is 851 g/mol. The molecule has 0 saturated heterocycles. The van der Waals surface area contributed by atoms with Gasteiger partial charge in [0.25, 0.3) is 0 Å². The summed E-state index contributed by atoms with van der Waals surface area (Å²) in [6.07, 6.45) is 3.98. The molecule has 0 amide bonds. The molecule has 5 heteroatoms. The van der Waals surface area contributed by atoms with Crippen molar-refractivity contribution in [2.24, 2.45) is 11.8 Å². The molecule has 4 nitrogen and oxygen atoms in total. The fraction of sp³-hybridized carbons (Fsp3) is 0.340. The summed E-state index contributed by atoms with van der Waals surface area (Å²) in [6.45, 7) is 26.6. The molecule has 7 rings (SSSR count). The van der Waals surface area contributed by atoms with Gasteiger partial charge in [0, 0.05) is 43.4 Å². The molecule has 0 N–H and O–H groups in total. The molecule has 0 saturated carbocycles. The molecule has 55 heavy (non-hydrogen) atoms. The number of furan rings is 1. The van der Waals surface area contributed by atoms with Crippen LogP contribution >= 0.6 is 0 Å². The molecule has 4 aromatic heterocycles. The van der Waals surface area contributed by atoms with Crippen molar-refractivity contribution >= 4 is 22.1 Å². The van der Waals surface area contributed by atoms with Crippen LogP contribution in [0.3, 0.4) is 0 Å². The molecule has 1 radical (unpaired) electrons. The minimum atomic E-state index is 0. The van der Waals surface area contributed by atoms with Gasteiger partial charge in [-0.1, -0.05) is 115 Å². The molecule has 0 spiro atoms. The van der Waals surface area contributed by atoms with Gasteiger partial charge in [-0.2, -0.15) is 0 Å². The summed E-state index contributed by atoms with van der Waals surface area (Å²) >= 11 is 0. The van der Waals surface area contributed by atoms with Gasteiger partial charge >= 0.3 is 0 Å². The van der Waals surface area contributed by atoms with E-state index in [2.05, 4.69) is 167 Å². The number of aryl methyl sites for hydroxylation is 4. The molecule has 4 heterocycles. The standard InChI is InChI=1S/C36H41N2O.C14H14N.Ir/c1-20(2)25-12-10-13-26(21(3)4)34(25)31-17-16-28-27-14-11-15-29(35(27)39-36(28)38-31)32-18-24(9)30(19-37-32)33(22(5)6)23(7)8;1-10-4-6-13(7-5-10)14-8-11(2)12(3)9-15-14;/h10-14,16-23,33H,1-9H3;4-6,8-9H,1-3H3;/q2*-1;. The van der Waals surface area contributed by atoms with Crippen LogP contribution in [0.15, 0.2) is 89.6 Å². The second-order valence-electron chi connectivity index (χ2n) is 16.2. The summed E-state index contributed by atoms with van der Waals surface area (Å²) in [5.74, 6) is 2.38. The summed E-state index contributed by atoms with van der Waals surface area (Å²) in [5, 5.41) is 2.06. The fourth-order valence-electron chi connectivity index (χ4n) is 7.77. The summed E-state index contributed by atoms with van der Waals surface area (Å²) in [5.41, 5.74) is 16.4. The Morgan fingerprint density at radius 1 is 0.600 bits per heavy atom. The predicted molar refractivity (Wildman–Crippen MR) is 227 cm³/mol. The van der Waals surface area contributed by atoms with Gasteiger partial charge in [0.1, 0.15) is 0 Å². The number of hydrogen-bond acceptors (Lipinski definition) is 4. The number of nitrogens with zero attached hydrogens (tertiary/aromatic N) is 3. The normalized spacial score (nSPS) is 11.6.